The van der Waals surface area contributed by atoms with E-state index in [1.807, 2.05) is 38.1 Å². The quantitative estimate of drug-likeness (QED) is 0.757. The highest BCUT2D eigenvalue weighted by Crippen LogP contribution is 2.24. The van der Waals surface area contributed by atoms with Gasteiger partial charge in [0.05, 0.1) is 0 Å². The van der Waals surface area contributed by atoms with Gasteiger partial charge in [0.15, 0.2) is 0 Å². The van der Waals surface area contributed by atoms with Crippen molar-refractivity contribution in [3.8, 4) is 0 Å². The standard InChI is InChI=1S/C18H28N2O2/c1-13-7-3-5-9-16(13)20-18(22)11-14(2)19-17-10-6-4-8-15(17)12-21/h3,5,7,9,14-15,17,19,21H,4,6,8,10-12H2,1-2H3,(H,20,22). The number of hydrogen-bond donors (Lipinski definition) is 3. The van der Waals surface area contributed by atoms with Crippen molar-refractivity contribution >= 4 is 11.6 Å². The number of nitrogens with one attached hydrogen (secondary N) is 2. The van der Waals surface area contributed by atoms with Crippen LogP contribution >= 0.6 is 0 Å². The zero-order chi connectivity index (χ0) is 15.9. The molecular formula is C18H28N2O2. The highest BCUT2D eigenvalue weighted by atomic mass is 16.3. The Labute approximate surface area is 133 Å². The molecule has 0 heterocycles. The van der Waals surface area contributed by atoms with Crippen molar-refractivity contribution in [3.63, 3.8) is 0 Å². The SMILES string of the molecule is Cc1ccccc1NC(=O)CC(C)NC1CCCCC1CO. The first-order chi connectivity index (χ1) is 10.6. The van der Waals surface area contributed by atoms with Crippen LogP contribution in [0.15, 0.2) is 24.3 Å². The third-order valence-corrected chi connectivity index (χ3v) is 4.55. The first-order valence-electron chi connectivity index (χ1n) is 8.32. The van der Waals surface area contributed by atoms with E-state index in [1.165, 1.54) is 12.8 Å². The molecule has 1 amide bonds. The maximum absolute atomic E-state index is 12.2. The summed E-state index contributed by atoms with van der Waals surface area (Å²) in [5.41, 5.74) is 1.95. The maximum Gasteiger partial charge on any atom is 0.225 e. The molecule has 3 unspecified atom stereocenters. The second-order valence-electron chi connectivity index (χ2n) is 6.47. The van der Waals surface area contributed by atoms with E-state index in [1.54, 1.807) is 0 Å². The first kappa shape index (κ1) is 17.0. The normalized spacial score (nSPS) is 23.0. The van der Waals surface area contributed by atoms with Crippen molar-refractivity contribution in [1.29, 1.82) is 0 Å². The third-order valence-electron chi connectivity index (χ3n) is 4.55. The number of para-hydroxylation sites is 1. The van der Waals surface area contributed by atoms with Gasteiger partial charge in [0.1, 0.15) is 0 Å². The molecule has 2 rings (SSSR count). The van der Waals surface area contributed by atoms with Gasteiger partial charge in [-0.1, -0.05) is 31.0 Å². The lowest BCUT2D eigenvalue weighted by atomic mass is 9.84. The largest absolute Gasteiger partial charge is 0.396 e. The van der Waals surface area contributed by atoms with E-state index in [-0.39, 0.29) is 18.6 Å². The van der Waals surface area contributed by atoms with E-state index in [0.29, 0.717) is 18.4 Å². The lowest BCUT2D eigenvalue weighted by molar-refractivity contribution is -0.116. The summed E-state index contributed by atoms with van der Waals surface area (Å²) in [6.45, 7) is 4.27. The summed E-state index contributed by atoms with van der Waals surface area (Å²) < 4.78 is 0. The van der Waals surface area contributed by atoms with Gasteiger partial charge >= 0.3 is 0 Å². The number of aliphatic hydroxyl groups excluding tert-OH is 1. The number of rotatable bonds is 6. The molecule has 1 aromatic carbocycles. The molecule has 122 valence electrons. The minimum atomic E-state index is 0.0330. The number of carbonyl (C=O) groups excluding carboxylic acids is 1. The van der Waals surface area contributed by atoms with E-state index < -0.39 is 0 Å². The summed E-state index contributed by atoms with van der Waals surface area (Å²) in [4.78, 5) is 12.2. The first-order valence-corrected chi connectivity index (χ1v) is 8.32. The summed E-state index contributed by atoms with van der Waals surface area (Å²) in [6.07, 6.45) is 5.02. The van der Waals surface area contributed by atoms with E-state index >= 15 is 0 Å². The fourth-order valence-electron chi connectivity index (χ4n) is 3.26. The number of amides is 1. The number of benzene rings is 1. The fourth-order valence-corrected chi connectivity index (χ4v) is 3.26. The zero-order valence-electron chi connectivity index (χ0n) is 13.6. The number of aryl methyl sites for hydroxylation is 1. The molecule has 1 aromatic rings. The van der Waals surface area contributed by atoms with Gasteiger partial charge in [-0.3, -0.25) is 4.79 Å². The maximum atomic E-state index is 12.2. The molecule has 22 heavy (non-hydrogen) atoms. The Bertz CT molecular complexity index is 490. The Morgan fingerprint density at radius 2 is 2.05 bits per heavy atom. The molecule has 0 spiro atoms. The molecule has 1 aliphatic carbocycles. The van der Waals surface area contributed by atoms with Gasteiger partial charge in [-0.25, -0.2) is 0 Å². The molecule has 0 bridgehead atoms. The molecule has 1 aliphatic rings. The van der Waals surface area contributed by atoms with E-state index in [4.69, 9.17) is 0 Å². The van der Waals surface area contributed by atoms with Crippen LogP contribution in [0.3, 0.4) is 0 Å². The van der Waals surface area contributed by atoms with Crippen molar-refractivity contribution in [1.82, 2.24) is 5.32 Å². The lowest BCUT2D eigenvalue weighted by Gasteiger charge is -2.33. The summed E-state index contributed by atoms with van der Waals surface area (Å²) in [5.74, 6) is 0.362. The van der Waals surface area contributed by atoms with Gasteiger partial charge in [-0.15, -0.1) is 0 Å². The van der Waals surface area contributed by atoms with Crippen LogP contribution in [-0.4, -0.2) is 29.7 Å². The van der Waals surface area contributed by atoms with Crippen LogP contribution in [0.1, 0.15) is 44.6 Å². The molecule has 3 N–H and O–H groups in total. The Morgan fingerprint density at radius 1 is 1.32 bits per heavy atom. The van der Waals surface area contributed by atoms with Crippen LogP contribution in [-0.2, 0) is 4.79 Å². The lowest BCUT2D eigenvalue weighted by Crippen LogP contribution is -2.45. The Hall–Kier alpha value is -1.39. The minimum absolute atomic E-state index is 0.0330. The van der Waals surface area contributed by atoms with Crippen LogP contribution < -0.4 is 10.6 Å². The minimum Gasteiger partial charge on any atom is -0.396 e. The molecular weight excluding hydrogens is 276 g/mol. The van der Waals surface area contributed by atoms with Gasteiger partial charge in [-0.2, -0.15) is 0 Å². The van der Waals surface area contributed by atoms with Gasteiger partial charge < -0.3 is 15.7 Å². The number of anilines is 1. The molecule has 1 saturated carbocycles. The second-order valence-corrected chi connectivity index (χ2v) is 6.47. The van der Waals surface area contributed by atoms with E-state index in [9.17, 15) is 9.90 Å². The molecule has 3 atom stereocenters. The Kier molecular flexibility index (Phi) is 6.40. The summed E-state index contributed by atoms with van der Waals surface area (Å²) in [7, 11) is 0. The van der Waals surface area contributed by atoms with E-state index in [0.717, 1.165) is 24.1 Å². The van der Waals surface area contributed by atoms with Crippen molar-refractivity contribution in [2.45, 2.75) is 58.0 Å². The predicted octanol–water partition coefficient (Wildman–Crippen LogP) is 2.85. The monoisotopic (exact) mass is 304 g/mol. The number of hydrogen-bond acceptors (Lipinski definition) is 3. The van der Waals surface area contributed by atoms with E-state index in [2.05, 4.69) is 10.6 Å². The van der Waals surface area contributed by atoms with Crippen molar-refractivity contribution < 1.29 is 9.90 Å². The summed E-state index contributed by atoms with van der Waals surface area (Å²) in [5, 5.41) is 16.0. The van der Waals surface area contributed by atoms with Crippen molar-refractivity contribution in [3.05, 3.63) is 29.8 Å². The molecule has 4 heteroatoms. The average Bonchev–Trinajstić information content (AvgIpc) is 2.50. The number of aliphatic hydroxyl groups is 1. The highest BCUT2D eigenvalue weighted by molar-refractivity contribution is 5.91. The van der Waals surface area contributed by atoms with Gasteiger partial charge in [0.25, 0.3) is 0 Å². The van der Waals surface area contributed by atoms with Crippen molar-refractivity contribution in [2.24, 2.45) is 5.92 Å². The third kappa shape index (κ3) is 4.82. The molecule has 0 radical (unpaired) electrons. The fraction of sp³-hybridized carbons (Fsp3) is 0.611. The van der Waals surface area contributed by atoms with Crippen LogP contribution in [0.25, 0.3) is 0 Å². The molecule has 0 aliphatic heterocycles. The van der Waals surface area contributed by atoms with Gasteiger partial charge in [-0.05, 0) is 44.2 Å². The second kappa shape index (κ2) is 8.30. The Morgan fingerprint density at radius 3 is 2.77 bits per heavy atom. The molecule has 0 aromatic heterocycles. The van der Waals surface area contributed by atoms with Crippen molar-refractivity contribution in [2.75, 3.05) is 11.9 Å². The molecule has 4 nitrogen and oxygen atoms in total. The summed E-state index contributed by atoms with van der Waals surface area (Å²) >= 11 is 0. The topological polar surface area (TPSA) is 61.4 Å². The predicted molar refractivity (Wildman–Crippen MR) is 89.9 cm³/mol. The van der Waals surface area contributed by atoms with Gasteiger partial charge in [0.2, 0.25) is 5.91 Å². The Balaban J connectivity index is 1.82. The van der Waals surface area contributed by atoms with Crippen LogP contribution in [0.4, 0.5) is 5.69 Å². The smallest absolute Gasteiger partial charge is 0.225 e. The van der Waals surface area contributed by atoms with Crippen LogP contribution in [0.2, 0.25) is 0 Å². The van der Waals surface area contributed by atoms with Crippen LogP contribution in [0, 0.1) is 12.8 Å². The zero-order valence-corrected chi connectivity index (χ0v) is 13.6. The van der Waals surface area contributed by atoms with Crippen LogP contribution in [0.5, 0.6) is 0 Å². The number of carbonyl (C=O) groups is 1. The van der Waals surface area contributed by atoms with Gasteiger partial charge in [0, 0.05) is 30.8 Å². The average molecular weight is 304 g/mol. The highest BCUT2D eigenvalue weighted by Gasteiger charge is 2.25. The molecule has 0 saturated heterocycles. The molecule has 1 fully saturated rings. The summed E-state index contributed by atoms with van der Waals surface area (Å²) in [6, 6.07) is 8.26.